The second-order valence-electron chi connectivity index (χ2n) is 4.24. The van der Waals surface area contributed by atoms with E-state index in [2.05, 4.69) is 26.0 Å². The second kappa shape index (κ2) is 6.12. The van der Waals surface area contributed by atoms with E-state index < -0.39 is 0 Å². The molecule has 2 nitrogen and oxygen atoms in total. The van der Waals surface area contributed by atoms with E-state index >= 15 is 0 Å². The van der Waals surface area contributed by atoms with Crippen LogP contribution >= 0.6 is 11.6 Å². The van der Waals surface area contributed by atoms with Gasteiger partial charge in [0.2, 0.25) is 0 Å². The lowest BCUT2D eigenvalue weighted by molar-refractivity contribution is 0.405. The van der Waals surface area contributed by atoms with Gasteiger partial charge in [0.15, 0.2) is 0 Å². The van der Waals surface area contributed by atoms with Crippen LogP contribution in [0.25, 0.3) is 0 Å². The monoisotopic (exact) mass is 241 g/mol. The molecule has 0 heterocycles. The lowest BCUT2D eigenvalue weighted by atomic mass is 9.96. The normalized spacial score (nSPS) is 12.9. The number of methoxy groups -OCH3 is 1. The SMILES string of the molecule is COc1ccc(C(C)C)cc1C(N)CCCl. The van der Waals surface area contributed by atoms with Crippen molar-refractivity contribution >= 4 is 11.6 Å². The van der Waals surface area contributed by atoms with Gasteiger partial charge in [0.05, 0.1) is 7.11 Å². The summed E-state index contributed by atoms with van der Waals surface area (Å²) in [6.45, 7) is 4.33. The van der Waals surface area contributed by atoms with Crippen LogP contribution in [0.3, 0.4) is 0 Å². The topological polar surface area (TPSA) is 35.2 Å². The van der Waals surface area contributed by atoms with Gasteiger partial charge in [-0.25, -0.2) is 0 Å². The molecule has 0 aromatic heterocycles. The molecule has 2 N–H and O–H groups in total. The number of benzene rings is 1. The maximum Gasteiger partial charge on any atom is 0.123 e. The van der Waals surface area contributed by atoms with Crippen molar-refractivity contribution in [2.75, 3.05) is 13.0 Å². The van der Waals surface area contributed by atoms with Gasteiger partial charge in [0, 0.05) is 17.5 Å². The third-order valence-electron chi connectivity index (χ3n) is 2.74. The molecule has 0 fully saturated rings. The molecule has 1 unspecified atom stereocenters. The first-order valence-corrected chi connectivity index (χ1v) is 6.13. The van der Waals surface area contributed by atoms with Crippen molar-refractivity contribution in [2.24, 2.45) is 5.73 Å². The molecule has 1 aromatic carbocycles. The van der Waals surface area contributed by atoms with Crippen molar-refractivity contribution in [2.45, 2.75) is 32.2 Å². The molecule has 90 valence electrons. The number of halogens is 1. The van der Waals surface area contributed by atoms with Crippen LogP contribution in [0.4, 0.5) is 0 Å². The van der Waals surface area contributed by atoms with Crippen LogP contribution in [-0.4, -0.2) is 13.0 Å². The third-order valence-corrected chi connectivity index (χ3v) is 2.96. The third kappa shape index (κ3) is 3.13. The summed E-state index contributed by atoms with van der Waals surface area (Å²) >= 11 is 5.72. The van der Waals surface area contributed by atoms with Crippen LogP contribution in [0.5, 0.6) is 5.75 Å². The second-order valence-corrected chi connectivity index (χ2v) is 4.62. The molecule has 0 spiro atoms. The first-order valence-electron chi connectivity index (χ1n) is 5.59. The minimum atomic E-state index is -0.0499. The highest BCUT2D eigenvalue weighted by Crippen LogP contribution is 2.29. The van der Waals surface area contributed by atoms with Crippen LogP contribution < -0.4 is 10.5 Å². The standard InChI is InChI=1S/C13H20ClNO/c1-9(2)10-4-5-13(16-3)11(8-10)12(15)6-7-14/h4-5,8-9,12H,6-7,15H2,1-3H3. The first-order chi connectivity index (χ1) is 7.60. The van der Waals surface area contributed by atoms with E-state index in [-0.39, 0.29) is 6.04 Å². The van der Waals surface area contributed by atoms with Crippen molar-refractivity contribution in [3.8, 4) is 5.75 Å². The summed E-state index contributed by atoms with van der Waals surface area (Å²) in [4.78, 5) is 0. The first kappa shape index (κ1) is 13.3. The summed E-state index contributed by atoms with van der Waals surface area (Å²) in [6, 6.07) is 6.14. The van der Waals surface area contributed by atoms with Crippen molar-refractivity contribution in [3.05, 3.63) is 29.3 Å². The summed E-state index contributed by atoms with van der Waals surface area (Å²) in [6.07, 6.45) is 0.763. The number of ether oxygens (including phenoxy) is 1. The molecule has 0 saturated carbocycles. The Bertz CT molecular complexity index is 339. The van der Waals surface area contributed by atoms with Crippen molar-refractivity contribution < 1.29 is 4.74 Å². The minimum Gasteiger partial charge on any atom is -0.496 e. The molecule has 0 aliphatic carbocycles. The van der Waals surface area contributed by atoms with Gasteiger partial charge in [0.25, 0.3) is 0 Å². The van der Waals surface area contributed by atoms with Crippen LogP contribution in [0, 0.1) is 0 Å². The summed E-state index contributed by atoms with van der Waals surface area (Å²) in [5.41, 5.74) is 8.42. The van der Waals surface area contributed by atoms with Crippen LogP contribution in [0.1, 0.15) is 43.4 Å². The molecule has 0 saturated heterocycles. The van der Waals surface area contributed by atoms with Crippen LogP contribution in [0.15, 0.2) is 18.2 Å². The van der Waals surface area contributed by atoms with E-state index in [0.717, 1.165) is 17.7 Å². The summed E-state index contributed by atoms with van der Waals surface area (Å²) in [5.74, 6) is 1.91. The predicted octanol–water partition coefficient (Wildman–Crippen LogP) is 3.45. The quantitative estimate of drug-likeness (QED) is 0.802. The summed E-state index contributed by atoms with van der Waals surface area (Å²) < 4.78 is 5.32. The molecule has 0 aliphatic rings. The zero-order chi connectivity index (χ0) is 12.1. The largest absolute Gasteiger partial charge is 0.496 e. The minimum absolute atomic E-state index is 0.0499. The Morgan fingerprint density at radius 3 is 2.56 bits per heavy atom. The fourth-order valence-electron chi connectivity index (χ4n) is 1.67. The number of nitrogens with two attached hydrogens (primary N) is 1. The molecular formula is C13H20ClNO. The molecule has 1 atom stereocenters. The highest BCUT2D eigenvalue weighted by Gasteiger charge is 2.13. The Hall–Kier alpha value is -0.730. The maximum atomic E-state index is 6.09. The lowest BCUT2D eigenvalue weighted by Crippen LogP contribution is -2.12. The predicted molar refractivity (Wildman–Crippen MR) is 69.3 cm³/mol. The van der Waals surface area contributed by atoms with E-state index in [0.29, 0.717) is 11.8 Å². The molecule has 0 amide bonds. The highest BCUT2D eigenvalue weighted by atomic mass is 35.5. The zero-order valence-electron chi connectivity index (χ0n) is 10.2. The van der Waals surface area contributed by atoms with Gasteiger partial charge in [-0.05, 0) is 24.0 Å². The number of rotatable bonds is 5. The van der Waals surface area contributed by atoms with Gasteiger partial charge in [-0.2, -0.15) is 0 Å². The molecule has 1 aromatic rings. The lowest BCUT2D eigenvalue weighted by Gasteiger charge is -2.17. The Labute approximate surface area is 103 Å². The van der Waals surface area contributed by atoms with Crippen molar-refractivity contribution in [3.63, 3.8) is 0 Å². The molecule has 3 heteroatoms. The van der Waals surface area contributed by atoms with E-state index in [4.69, 9.17) is 22.1 Å². The van der Waals surface area contributed by atoms with Gasteiger partial charge in [-0.15, -0.1) is 11.6 Å². The van der Waals surface area contributed by atoms with Gasteiger partial charge >= 0.3 is 0 Å². The molecule has 0 bridgehead atoms. The Kier molecular flexibility index (Phi) is 5.10. The molecule has 0 aliphatic heterocycles. The Morgan fingerprint density at radius 1 is 1.38 bits per heavy atom. The van der Waals surface area contributed by atoms with E-state index in [1.807, 2.05) is 6.07 Å². The van der Waals surface area contributed by atoms with Gasteiger partial charge in [0.1, 0.15) is 5.75 Å². The Morgan fingerprint density at radius 2 is 2.06 bits per heavy atom. The molecule has 1 rings (SSSR count). The average molecular weight is 242 g/mol. The fraction of sp³-hybridized carbons (Fsp3) is 0.538. The van der Waals surface area contributed by atoms with Gasteiger partial charge in [-0.1, -0.05) is 26.0 Å². The van der Waals surface area contributed by atoms with E-state index in [1.165, 1.54) is 5.56 Å². The van der Waals surface area contributed by atoms with Gasteiger partial charge in [-0.3, -0.25) is 0 Å². The molecule has 16 heavy (non-hydrogen) atoms. The number of hydrogen-bond donors (Lipinski definition) is 1. The van der Waals surface area contributed by atoms with Crippen molar-refractivity contribution in [1.82, 2.24) is 0 Å². The molecule has 0 radical (unpaired) electrons. The van der Waals surface area contributed by atoms with E-state index in [1.54, 1.807) is 7.11 Å². The smallest absolute Gasteiger partial charge is 0.123 e. The van der Waals surface area contributed by atoms with Crippen molar-refractivity contribution in [1.29, 1.82) is 0 Å². The Balaban J connectivity index is 3.06. The number of hydrogen-bond acceptors (Lipinski definition) is 2. The fourth-order valence-corrected chi connectivity index (χ4v) is 1.91. The zero-order valence-corrected chi connectivity index (χ0v) is 10.9. The average Bonchev–Trinajstić information content (AvgIpc) is 2.28. The molecular weight excluding hydrogens is 222 g/mol. The van der Waals surface area contributed by atoms with Gasteiger partial charge < -0.3 is 10.5 Å². The summed E-state index contributed by atoms with van der Waals surface area (Å²) in [7, 11) is 1.67. The maximum absolute atomic E-state index is 6.09. The van der Waals surface area contributed by atoms with Crippen LogP contribution in [-0.2, 0) is 0 Å². The highest BCUT2D eigenvalue weighted by molar-refractivity contribution is 6.17. The van der Waals surface area contributed by atoms with Crippen LogP contribution in [0.2, 0.25) is 0 Å². The summed E-state index contributed by atoms with van der Waals surface area (Å²) in [5, 5.41) is 0. The van der Waals surface area contributed by atoms with E-state index in [9.17, 15) is 0 Å². The number of alkyl halides is 1.